The lowest BCUT2D eigenvalue weighted by Crippen LogP contribution is -2.70. The molecule has 6 aliphatic carbocycles. The number of fused-ring (bicyclic) bond motifs is 2. The van der Waals surface area contributed by atoms with E-state index < -0.39 is 11.1 Å². The Bertz CT molecular complexity index is 1530. The molecule has 0 saturated heterocycles. The first-order valence-electron chi connectivity index (χ1n) is 15.3. The van der Waals surface area contributed by atoms with Gasteiger partial charge >= 0.3 is 0 Å². The minimum atomic E-state index is -1.12. The molecular weight excluding hydrogens is 515 g/mol. The fourth-order valence-electron chi connectivity index (χ4n) is 8.54. The van der Waals surface area contributed by atoms with Crippen LogP contribution in [0.3, 0.4) is 0 Å². The molecule has 9 rings (SSSR count). The summed E-state index contributed by atoms with van der Waals surface area (Å²) in [5.41, 5.74) is 1.83. The first kappa shape index (κ1) is 25.2. The lowest BCUT2D eigenvalue weighted by Gasteiger charge is -2.65. The first-order chi connectivity index (χ1) is 19.9. The van der Waals surface area contributed by atoms with E-state index in [9.17, 15) is 14.4 Å². The van der Waals surface area contributed by atoms with E-state index in [1.165, 1.54) is 0 Å². The molecule has 1 heterocycles. The van der Waals surface area contributed by atoms with Gasteiger partial charge in [-0.1, -0.05) is 42.3 Å². The summed E-state index contributed by atoms with van der Waals surface area (Å²) in [4.78, 5) is 21.0. The van der Waals surface area contributed by atoms with Gasteiger partial charge < -0.3 is 9.42 Å². The highest BCUT2D eigenvalue weighted by Gasteiger charge is 2.73. The second kappa shape index (κ2) is 8.98. The first-order valence-corrected chi connectivity index (χ1v) is 15.3. The number of benzene rings is 2. The van der Waals surface area contributed by atoms with Crippen molar-refractivity contribution in [3.63, 3.8) is 0 Å². The van der Waals surface area contributed by atoms with Gasteiger partial charge in [-0.05, 0) is 105 Å². The zero-order valence-corrected chi connectivity index (χ0v) is 23.3. The highest BCUT2D eigenvalue weighted by molar-refractivity contribution is 6.00. The molecule has 0 N–H and O–H groups in total. The third-order valence-electron chi connectivity index (χ3n) is 11.0. The molecule has 210 valence electrons. The molecule has 6 aliphatic rings. The average molecular weight is 551 g/mol. The maximum atomic E-state index is 14.6. The lowest BCUT2D eigenvalue weighted by molar-refractivity contribution is -0.211. The Morgan fingerprint density at radius 1 is 1.05 bits per heavy atom. The van der Waals surface area contributed by atoms with Crippen LogP contribution >= 0.6 is 0 Å². The Balaban J connectivity index is 1.07. The van der Waals surface area contributed by atoms with Gasteiger partial charge in [0.05, 0.1) is 17.0 Å². The van der Waals surface area contributed by atoms with E-state index in [-0.39, 0.29) is 11.3 Å². The molecule has 6 saturated carbocycles. The van der Waals surface area contributed by atoms with Crippen LogP contribution in [0.15, 0.2) is 53.1 Å². The number of anilines is 1. The van der Waals surface area contributed by atoms with Crippen molar-refractivity contribution in [1.82, 2.24) is 10.1 Å². The van der Waals surface area contributed by atoms with Crippen molar-refractivity contribution < 1.29 is 13.7 Å². The van der Waals surface area contributed by atoms with Crippen molar-refractivity contribution in [3.05, 3.63) is 65.8 Å². The average Bonchev–Trinajstić information content (AvgIpc) is 3.70. The predicted molar refractivity (Wildman–Crippen MR) is 152 cm³/mol. The molecule has 3 unspecified atom stereocenters. The zero-order chi connectivity index (χ0) is 27.8. The lowest BCUT2D eigenvalue weighted by atomic mass is 9.42. The van der Waals surface area contributed by atoms with Crippen LogP contribution < -0.4 is 4.90 Å². The zero-order valence-electron chi connectivity index (χ0n) is 23.3. The van der Waals surface area contributed by atoms with Crippen LogP contribution in [0.4, 0.5) is 10.1 Å². The second-order valence-electron chi connectivity index (χ2n) is 13.8. The summed E-state index contributed by atoms with van der Waals surface area (Å²) in [6, 6.07) is 17.9. The summed E-state index contributed by atoms with van der Waals surface area (Å²) < 4.78 is 20.4. The van der Waals surface area contributed by atoms with E-state index in [1.807, 2.05) is 47.4 Å². The normalized spacial score (nSPS) is 33.3. The SMILES string of the molecule is N#Cc1ccc(-c2cccc(N(CC3CCC4(c5nc(C6CC6)no5)CCCC3C4)C(=O)C34CC(F)(C3)C4)c2)cc1. The Morgan fingerprint density at radius 3 is 2.59 bits per heavy atom. The van der Waals surface area contributed by atoms with E-state index in [0.29, 0.717) is 49.1 Å². The molecule has 3 aromatic rings. The van der Waals surface area contributed by atoms with Gasteiger partial charge in [0.25, 0.3) is 0 Å². The number of carbonyl (C=O) groups is 1. The molecular formula is C34H35FN4O2. The quantitative estimate of drug-likeness (QED) is 0.309. The standard InChI is InChI=1S/C34H35FN4O2/c35-34-19-33(20-34,21-34)31(40)39(28-5-1-3-25(15-28)23-8-6-22(17-36)7-9-23)18-27-12-14-32(13-2-4-26(27)16-32)30-37-29(38-41-30)24-10-11-24/h1,3,5-9,15,24,26-27H,2,4,10-14,16,18-21H2. The molecule has 0 radical (unpaired) electrons. The van der Waals surface area contributed by atoms with Crippen LogP contribution in [0.5, 0.6) is 0 Å². The maximum absolute atomic E-state index is 14.6. The number of amides is 1. The summed E-state index contributed by atoms with van der Waals surface area (Å²) in [5, 5.41) is 13.5. The van der Waals surface area contributed by atoms with E-state index in [0.717, 1.165) is 79.9 Å². The number of nitrogens with zero attached hydrogens (tertiary/aromatic N) is 4. The number of rotatable bonds is 7. The largest absolute Gasteiger partial charge is 0.339 e. The van der Waals surface area contributed by atoms with Gasteiger partial charge in [-0.15, -0.1) is 0 Å². The van der Waals surface area contributed by atoms with E-state index in [2.05, 4.69) is 17.3 Å². The maximum Gasteiger partial charge on any atom is 0.233 e. The van der Waals surface area contributed by atoms with Crippen molar-refractivity contribution in [2.24, 2.45) is 17.3 Å². The van der Waals surface area contributed by atoms with Gasteiger partial charge in [0.15, 0.2) is 5.82 Å². The van der Waals surface area contributed by atoms with Gasteiger partial charge in [0, 0.05) is 23.6 Å². The van der Waals surface area contributed by atoms with Gasteiger partial charge in [-0.2, -0.15) is 10.2 Å². The van der Waals surface area contributed by atoms with Crippen molar-refractivity contribution in [2.45, 2.75) is 87.6 Å². The Kier molecular flexibility index (Phi) is 5.52. The topological polar surface area (TPSA) is 83.0 Å². The molecule has 6 nitrogen and oxygen atoms in total. The van der Waals surface area contributed by atoms with Crippen LogP contribution in [0.2, 0.25) is 0 Å². The number of halogens is 1. The van der Waals surface area contributed by atoms with E-state index >= 15 is 0 Å². The summed E-state index contributed by atoms with van der Waals surface area (Å²) in [6.07, 6.45) is 9.87. The van der Waals surface area contributed by atoms with Crippen LogP contribution in [-0.2, 0) is 10.2 Å². The smallest absolute Gasteiger partial charge is 0.233 e. The molecule has 7 heteroatoms. The monoisotopic (exact) mass is 550 g/mol. The minimum Gasteiger partial charge on any atom is -0.339 e. The Labute approximate surface area is 239 Å². The van der Waals surface area contributed by atoms with E-state index in [4.69, 9.17) is 9.51 Å². The van der Waals surface area contributed by atoms with Gasteiger partial charge in [-0.3, -0.25) is 4.79 Å². The Hall–Kier alpha value is -3.53. The van der Waals surface area contributed by atoms with Crippen molar-refractivity contribution >= 4 is 11.6 Å². The molecule has 2 aromatic carbocycles. The third kappa shape index (κ3) is 4.13. The number of alkyl halides is 1. The number of nitriles is 1. The summed E-state index contributed by atoms with van der Waals surface area (Å²) in [7, 11) is 0. The van der Waals surface area contributed by atoms with Crippen molar-refractivity contribution in [2.75, 3.05) is 11.4 Å². The highest BCUT2D eigenvalue weighted by Crippen LogP contribution is 2.70. The fourth-order valence-corrected chi connectivity index (χ4v) is 8.54. The molecule has 6 fully saturated rings. The van der Waals surface area contributed by atoms with Gasteiger partial charge in [0.1, 0.15) is 5.67 Å². The number of hydrogen-bond acceptors (Lipinski definition) is 5. The molecule has 4 bridgehead atoms. The molecule has 41 heavy (non-hydrogen) atoms. The van der Waals surface area contributed by atoms with E-state index in [1.54, 1.807) is 0 Å². The highest BCUT2D eigenvalue weighted by atomic mass is 19.1. The van der Waals surface area contributed by atoms with Crippen molar-refractivity contribution in [1.29, 1.82) is 5.26 Å². The molecule has 3 atom stereocenters. The second-order valence-corrected chi connectivity index (χ2v) is 13.8. The van der Waals surface area contributed by atoms with Gasteiger partial charge in [0.2, 0.25) is 11.8 Å². The molecule has 1 aromatic heterocycles. The minimum absolute atomic E-state index is 0.0294. The van der Waals surface area contributed by atoms with Crippen LogP contribution in [0.25, 0.3) is 11.1 Å². The molecule has 1 amide bonds. The summed E-state index contributed by atoms with van der Waals surface area (Å²) >= 11 is 0. The van der Waals surface area contributed by atoms with Crippen LogP contribution in [0, 0.1) is 28.6 Å². The molecule has 0 spiro atoms. The van der Waals surface area contributed by atoms with Crippen molar-refractivity contribution in [3.8, 4) is 17.2 Å². The number of aromatic nitrogens is 2. The fraction of sp³-hybridized carbons (Fsp3) is 0.529. The molecule has 0 aliphatic heterocycles. The summed E-state index contributed by atoms with van der Waals surface area (Å²) in [5.74, 6) is 3.18. The van der Waals surface area contributed by atoms with Crippen LogP contribution in [-0.4, -0.2) is 28.3 Å². The third-order valence-corrected chi connectivity index (χ3v) is 11.0. The Morgan fingerprint density at radius 2 is 1.85 bits per heavy atom. The van der Waals surface area contributed by atoms with Gasteiger partial charge in [-0.25, -0.2) is 4.39 Å². The number of carbonyl (C=O) groups excluding carboxylic acids is 1. The predicted octanol–water partition coefficient (Wildman–Crippen LogP) is 7.25. The summed E-state index contributed by atoms with van der Waals surface area (Å²) in [6.45, 7) is 0.661. The van der Waals surface area contributed by atoms with Crippen LogP contribution in [0.1, 0.15) is 93.8 Å². The number of hydrogen-bond donors (Lipinski definition) is 0.